The Labute approximate surface area is 122 Å². The molecule has 20 heavy (non-hydrogen) atoms. The monoisotopic (exact) mass is 287 g/mol. The molecule has 0 saturated heterocycles. The predicted molar refractivity (Wildman–Crippen MR) is 83.6 cm³/mol. The number of hydrogen-bond acceptors (Lipinski definition) is 4. The first-order valence-corrected chi connectivity index (χ1v) is 7.63. The van der Waals surface area contributed by atoms with Crippen molar-refractivity contribution in [3.8, 4) is 0 Å². The van der Waals surface area contributed by atoms with Crippen molar-refractivity contribution in [3.63, 3.8) is 0 Å². The van der Waals surface area contributed by atoms with Crippen LogP contribution in [0.5, 0.6) is 0 Å². The number of Topliss-reactive ketones (excluding diaryl/α,β-unsaturated/α-hetero) is 1. The molecule has 0 spiro atoms. The number of allylic oxidation sites excluding steroid dienone is 1. The summed E-state index contributed by atoms with van der Waals surface area (Å²) in [5.74, 6) is 1.44. The van der Waals surface area contributed by atoms with E-state index < -0.39 is 0 Å². The quantitative estimate of drug-likeness (QED) is 0.765. The molecular weight excluding hydrogens is 270 g/mol. The van der Waals surface area contributed by atoms with Gasteiger partial charge in [0.05, 0.1) is 11.9 Å². The van der Waals surface area contributed by atoms with E-state index in [1.807, 2.05) is 50.3 Å². The molecule has 2 aromatic rings. The smallest absolute Gasteiger partial charge is 0.192 e. The van der Waals surface area contributed by atoms with Crippen LogP contribution in [0.1, 0.15) is 29.9 Å². The molecule has 0 N–H and O–H groups in total. The molecule has 0 atom stereocenters. The zero-order valence-corrected chi connectivity index (χ0v) is 12.4. The highest BCUT2D eigenvalue weighted by Crippen LogP contribution is 2.13. The van der Waals surface area contributed by atoms with Crippen molar-refractivity contribution < 1.29 is 4.79 Å². The Hall–Kier alpha value is -1.88. The minimum atomic E-state index is 0.0580. The first-order valence-electron chi connectivity index (χ1n) is 6.47. The Morgan fingerprint density at radius 3 is 2.80 bits per heavy atom. The summed E-state index contributed by atoms with van der Waals surface area (Å²) in [4.78, 5) is 12.1. The van der Waals surface area contributed by atoms with Crippen LogP contribution < -0.4 is 0 Å². The lowest BCUT2D eigenvalue weighted by molar-refractivity contribution is 0.101. The molecule has 0 fully saturated rings. The summed E-state index contributed by atoms with van der Waals surface area (Å²) in [5.41, 5.74) is 2.48. The molecule has 4 nitrogen and oxygen atoms in total. The van der Waals surface area contributed by atoms with Gasteiger partial charge in [0.25, 0.3) is 0 Å². The maximum atomic E-state index is 12.1. The van der Waals surface area contributed by atoms with Crippen molar-refractivity contribution in [3.05, 3.63) is 47.8 Å². The summed E-state index contributed by atoms with van der Waals surface area (Å²) in [7, 11) is 0. The number of rotatable bonds is 6. The van der Waals surface area contributed by atoms with Crippen LogP contribution in [0.15, 0.2) is 36.5 Å². The van der Waals surface area contributed by atoms with E-state index in [0.29, 0.717) is 11.4 Å². The zero-order chi connectivity index (χ0) is 14.4. The zero-order valence-electron chi connectivity index (χ0n) is 11.6. The Bertz CT molecular complexity index is 605. The SMILES string of the molecule is CCSCC(=O)c1cnnn1C(C)=Cc1ccccc1. The second-order valence-corrected chi connectivity index (χ2v) is 5.56. The number of ketones is 1. The number of carbonyl (C=O) groups is 1. The summed E-state index contributed by atoms with van der Waals surface area (Å²) in [5, 5.41) is 7.87. The Kier molecular flexibility index (Phi) is 5.12. The molecular formula is C15H17N3OS. The third-order valence-electron chi connectivity index (χ3n) is 2.78. The molecule has 0 radical (unpaired) electrons. The molecule has 1 heterocycles. The topological polar surface area (TPSA) is 47.8 Å². The number of benzene rings is 1. The fraction of sp³-hybridized carbons (Fsp3) is 0.267. The molecule has 5 heteroatoms. The highest BCUT2D eigenvalue weighted by molar-refractivity contribution is 7.99. The first-order chi connectivity index (χ1) is 9.72. The summed E-state index contributed by atoms with van der Waals surface area (Å²) in [6.45, 7) is 3.96. The van der Waals surface area contributed by atoms with Gasteiger partial charge in [0.15, 0.2) is 5.78 Å². The van der Waals surface area contributed by atoms with Gasteiger partial charge in [0.2, 0.25) is 0 Å². The second-order valence-electron chi connectivity index (χ2n) is 4.29. The molecule has 0 saturated carbocycles. The van der Waals surface area contributed by atoms with Crippen LogP contribution in [0.2, 0.25) is 0 Å². The largest absolute Gasteiger partial charge is 0.291 e. The van der Waals surface area contributed by atoms with Gasteiger partial charge in [-0.25, -0.2) is 4.68 Å². The van der Waals surface area contributed by atoms with E-state index in [2.05, 4.69) is 10.3 Å². The molecule has 1 aromatic heterocycles. The van der Waals surface area contributed by atoms with Gasteiger partial charge in [-0.3, -0.25) is 4.79 Å². The standard InChI is InChI=1S/C15H17N3OS/c1-3-20-11-15(19)14-10-16-17-18(14)12(2)9-13-7-5-4-6-8-13/h4-10H,3,11H2,1-2H3. The lowest BCUT2D eigenvalue weighted by Gasteiger charge is -2.05. The first kappa shape index (κ1) is 14.5. The summed E-state index contributed by atoms with van der Waals surface area (Å²) >= 11 is 1.60. The van der Waals surface area contributed by atoms with Gasteiger partial charge in [-0.1, -0.05) is 42.5 Å². The minimum Gasteiger partial charge on any atom is -0.291 e. The lowest BCUT2D eigenvalue weighted by atomic mass is 10.2. The van der Waals surface area contributed by atoms with E-state index in [0.717, 1.165) is 17.0 Å². The lowest BCUT2D eigenvalue weighted by Crippen LogP contribution is -2.11. The normalized spacial score (nSPS) is 11.6. The number of nitrogens with zero attached hydrogens (tertiary/aromatic N) is 3. The van der Waals surface area contributed by atoms with Crippen LogP contribution >= 0.6 is 11.8 Å². The fourth-order valence-electron chi connectivity index (χ4n) is 1.81. The van der Waals surface area contributed by atoms with Crippen molar-refractivity contribution in [1.29, 1.82) is 0 Å². The van der Waals surface area contributed by atoms with Crippen LogP contribution in [-0.2, 0) is 0 Å². The van der Waals surface area contributed by atoms with E-state index in [1.54, 1.807) is 16.4 Å². The van der Waals surface area contributed by atoms with Gasteiger partial charge in [-0.2, -0.15) is 11.8 Å². The van der Waals surface area contributed by atoms with Crippen molar-refractivity contribution in [2.75, 3.05) is 11.5 Å². The summed E-state index contributed by atoms with van der Waals surface area (Å²) < 4.78 is 1.60. The second kappa shape index (κ2) is 7.05. The Morgan fingerprint density at radius 1 is 1.35 bits per heavy atom. The van der Waals surface area contributed by atoms with Crippen LogP contribution in [0.3, 0.4) is 0 Å². The third kappa shape index (κ3) is 3.57. The summed E-state index contributed by atoms with van der Waals surface area (Å²) in [6.07, 6.45) is 3.51. The van der Waals surface area contributed by atoms with Gasteiger partial charge in [-0.05, 0) is 24.3 Å². The number of carbonyl (C=O) groups excluding carboxylic acids is 1. The highest BCUT2D eigenvalue weighted by Gasteiger charge is 2.13. The van der Waals surface area contributed by atoms with Crippen molar-refractivity contribution in [2.45, 2.75) is 13.8 Å². The molecule has 0 aliphatic carbocycles. The van der Waals surface area contributed by atoms with E-state index in [9.17, 15) is 4.79 Å². The van der Waals surface area contributed by atoms with Crippen molar-refractivity contribution >= 4 is 29.3 Å². The molecule has 0 aliphatic heterocycles. The highest BCUT2D eigenvalue weighted by atomic mass is 32.2. The Morgan fingerprint density at radius 2 is 2.10 bits per heavy atom. The molecule has 2 rings (SSSR count). The number of aromatic nitrogens is 3. The van der Waals surface area contributed by atoms with Gasteiger partial charge in [-0.15, -0.1) is 5.10 Å². The van der Waals surface area contributed by atoms with Gasteiger partial charge in [0, 0.05) is 5.70 Å². The average molecular weight is 287 g/mol. The van der Waals surface area contributed by atoms with Gasteiger partial charge >= 0.3 is 0 Å². The van der Waals surface area contributed by atoms with Crippen LogP contribution in [0.25, 0.3) is 11.8 Å². The molecule has 0 bridgehead atoms. The maximum Gasteiger partial charge on any atom is 0.192 e. The molecule has 1 aromatic carbocycles. The maximum absolute atomic E-state index is 12.1. The van der Waals surface area contributed by atoms with Gasteiger partial charge in [0.1, 0.15) is 5.69 Å². The summed E-state index contributed by atoms with van der Waals surface area (Å²) in [6, 6.07) is 9.94. The third-order valence-corrected chi connectivity index (χ3v) is 3.66. The molecule has 0 amide bonds. The Balaban J connectivity index is 2.23. The number of thioether (sulfide) groups is 1. The van der Waals surface area contributed by atoms with Crippen LogP contribution in [0, 0.1) is 0 Å². The predicted octanol–water partition coefficient (Wildman–Crippen LogP) is 3.23. The fourth-order valence-corrected chi connectivity index (χ4v) is 2.34. The minimum absolute atomic E-state index is 0.0580. The van der Waals surface area contributed by atoms with E-state index in [1.165, 1.54) is 6.20 Å². The molecule has 0 aliphatic rings. The van der Waals surface area contributed by atoms with Crippen molar-refractivity contribution in [1.82, 2.24) is 15.0 Å². The van der Waals surface area contributed by atoms with Crippen LogP contribution in [0.4, 0.5) is 0 Å². The van der Waals surface area contributed by atoms with E-state index >= 15 is 0 Å². The van der Waals surface area contributed by atoms with Crippen molar-refractivity contribution in [2.24, 2.45) is 0 Å². The van der Waals surface area contributed by atoms with Crippen LogP contribution in [-0.4, -0.2) is 32.3 Å². The van der Waals surface area contributed by atoms with E-state index in [-0.39, 0.29) is 5.78 Å². The number of hydrogen-bond donors (Lipinski definition) is 0. The molecule has 0 unspecified atom stereocenters. The average Bonchev–Trinajstić information content (AvgIpc) is 2.95. The van der Waals surface area contributed by atoms with Gasteiger partial charge < -0.3 is 0 Å². The van der Waals surface area contributed by atoms with E-state index in [4.69, 9.17) is 0 Å². The molecule has 104 valence electrons.